The van der Waals surface area contributed by atoms with Gasteiger partial charge in [-0.25, -0.2) is 4.39 Å². The lowest BCUT2D eigenvalue weighted by Gasteiger charge is -2.30. The molecule has 2 bridgehead atoms. The fraction of sp³-hybridized carbons (Fsp3) is 0.625. The van der Waals surface area contributed by atoms with Gasteiger partial charge in [0.15, 0.2) is 22.5 Å². The van der Waals surface area contributed by atoms with Gasteiger partial charge in [0.05, 0.1) is 5.75 Å². The van der Waals surface area contributed by atoms with E-state index in [9.17, 15) is 9.18 Å². The van der Waals surface area contributed by atoms with Crippen LogP contribution in [0.15, 0.2) is 29.4 Å². The maximum Gasteiger partial charge on any atom is 0.230 e. The summed E-state index contributed by atoms with van der Waals surface area (Å²) in [6.45, 7) is 7.17. The molecular weight excluding hydrogens is 427 g/mol. The van der Waals surface area contributed by atoms with Crippen LogP contribution in [0.2, 0.25) is 0 Å². The van der Waals surface area contributed by atoms with Gasteiger partial charge in [-0.15, -0.1) is 10.2 Å². The monoisotopic (exact) mass is 460 g/mol. The summed E-state index contributed by atoms with van der Waals surface area (Å²) < 4.78 is 21.9. The van der Waals surface area contributed by atoms with Gasteiger partial charge in [0.1, 0.15) is 6.61 Å². The fourth-order valence-electron chi connectivity index (χ4n) is 5.19. The Kier molecular flexibility index (Phi) is 7.38. The summed E-state index contributed by atoms with van der Waals surface area (Å²) in [7, 11) is 0. The Morgan fingerprint density at radius 2 is 2.06 bits per heavy atom. The van der Waals surface area contributed by atoms with Crippen molar-refractivity contribution in [2.45, 2.75) is 64.3 Å². The molecule has 2 aromatic rings. The second kappa shape index (κ2) is 10.2. The van der Waals surface area contributed by atoms with E-state index in [0.717, 1.165) is 17.0 Å². The maximum absolute atomic E-state index is 14.0. The van der Waals surface area contributed by atoms with E-state index in [1.54, 1.807) is 18.2 Å². The lowest BCUT2D eigenvalue weighted by Crippen LogP contribution is -2.29. The SMILES string of the molecule is CC(C)CNC(=O)CSc1nnc(COc2ccccc2F)n1C(C)C1CC2CCC1C2. The number of ether oxygens (including phenoxy) is 1. The van der Waals surface area contributed by atoms with Crippen LogP contribution in [-0.2, 0) is 11.4 Å². The van der Waals surface area contributed by atoms with Gasteiger partial charge in [-0.05, 0) is 62.0 Å². The smallest absolute Gasteiger partial charge is 0.230 e. The molecule has 0 spiro atoms. The number of fused-ring (bicyclic) bond motifs is 2. The third kappa shape index (κ3) is 5.27. The molecular formula is C24H33FN4O2S. The zero-order chi connectivity index (χ0) is 22.7. The summed E-state index contributed by atoms with van der Waals surface area (Å²) in [4.78, 5) is 12.3. The van der Waals surface area contributed by atoms with Crippen LogP contribution < -0.4 is 10.1 Å². The van der Waals surface area contributed by atoms with E-state index in [4.69, 9.17) is 4.74 Å². The standard InChI is InChI=1S/C24H33FN4O2S/c1-15(2)12-26-23(30)14-32-24-28-27-22(13-31-21-7-5-4-6-20(21)25)29(24)16(3)19-11-17-8-9-18(19)10-17/h4-7,15-19H,8-14H2,1-3H3,(H,26,30). The highest BCUT2D eigenvalue weighted by Gasteiger charge is 2.43. The molecule has 2 aliphatic rings. The zero-order valence-corrected chi connectivity index (χ0v) is 19.9. The largest absolute Gasteiger partial charge is 0.483 e. The molecule has 2 fully saturated rings. The van der Waals surface area contributed by atoms with Crippen molar-refractivity contribution in [3.8, 4) is 5.75 Å². The molecule has 4 rings (SSSR count). The van der Waals surface area contributed by atoms with Crippen LogP contribution in [-0.4, -0.2) is 33.0 Å². The molecule has 1 amide bonds. The van der Waals surface area contributed by atoms with E-state index in [1.165, 1.54) is 43.5 Å². The minimum absolute atomic E-state index is 0.00465. The van der Waals surface area contributed by atoms with E-state index in [2.05, 4.69) is 40.9 Å². The summed E-state index contributed by atoms with van der Waals surface area (Å²) >= 11 is 1.41. The number of hydrogen-bond acceptors (Lipinski definition) is 5. The van der Waals surface area contributed by atoms with Crippen LogP contribution in [0.25, 0.3) is 0 Å². The lowest BCUT2D eigenvalue weighted by molar-refractivity contribution is -0.118. The number of thioether (sulfide) groups is 1. The van der Waals surface area contributed by atoms with Crippen molar-refractivity contribution in [2.24, 2.45) is 23.7 Å². The van der Waals surface area contributed by atoms with E-state index in [-0.39, 0.29) is 24.3 Å². The van der Waals surface area contributed by atoms with Crippen LogP contribution in [0.3, 0.4) is 0 Å². The molecule has 32 heavy (non-hydrogen) atoms. The Morgan fingerprint density at radius 3 is 2.75 bits per heavy atom. The molecule has 1 heterocycles. The summed E-state index contributed by atoms with van der Waals surface area (Å²) in [5, 5.41) is 12.5. The number of benzene rings is 1. The topological polar surface area (TPSA) is 69.0 Å². The van der Waals surface area contributed by atoms with Gasteiger partial charge < -0.3 is 10.1 Å². The van der Waals surface area contributed by atoms with Gasteiger partial charge in [0.25, 0.3) is 0 Å². The predicted octanol–water partition coefficient (Wildman–Crippen LogP) is 4.86. The molecule has 4 atom stereocenters. The molecule has 1 aromatic heterocycles. The first-order valence-electron chi connectivity index (χ1n) is 11.6. The molecule has 2 aliphatic carbocycles. The Bertz CT molecular complexity index is 934. The van der Waals surface area contributed by atoms with E-state index >= 15 is 0 Å². The minimum Gasteiger partial charge on any atom is -0.483 e. The average Bonchev–Trinajstić information content (AvgIpc) is 3.51. The van der Waals surface area contributed by atoms with Crippen LogP contribution in [0, 0.1) is 29.5 Å². The van der Waals surface area contributed by atoms with Gasteiger partial charge in [0, 0.05) is 12.6 Å². The molecule has 0 radical (unpaired) electrons. The van der Waals surface area contributed by atoms with Gasteiger partial charge in [-0.2, -0.15) is 0 Å². The number of amides is 1. The number of aromatic nitrogens is 3. The van der Waals surface area contributed by atoms with Crippen LogP contribution in [0.5, 0.6) is 5.75 Å². The van der Waals surface area contributed by atoms with Crippen molar-refractivity contribution in [3.05, 3.63) is 35.9 Å². The number of carbonyl (C=O) groups is 1. The molecule has 1 N–H and O–H groups in total. The fourth-order valence-corrected chi connectivity index (χ4v) is 6.06. The van der Waals surface area contributed by atoms with Gasteiger partial charge >= 0.3 is 0 Å². The van der Waals surface area contributed by atoms with E-state index in [0.29, 0.717) is 30.0 Å². The van der Waals surface area contributed by atoms with Crippen molar-refractivity contribution in [1.29, 1.82) is 0 Å². The molecule has 1 aromatic carbocycles. The summed E-state index contributed by atoms with van der Waals surface area (Å²) in [5.74, 6) is 3.34. The highest BCUT2D eigenvalue weighted by Crippen LogP contribution is 2.52. The molecule has 8 heteroatoms. The van der Waals surface area contributed by atoms with Crippen molar-refractivity contribution in [1.82, 2.24) is 20.1 Å². The normalized spacial score (nSPS) is 23.0. The average molecular weight is 461 g/mol. The second-order valence-corrected chi connectivity index (χ2v) is 10.5. The number of hydrogen-bond donors (Lipinski definition) is 1. The van der Waals surface area contributed by atoms with Gasteiger partial charge in [-0.3, -0.25) is 9.36 Å². The maximum atomic E-state index is 14.0. The number of rotatable bonds is 10. The third-order valence-corrected chi connectivity index (χ3v) is 7.73. The van der Waals surface area contributed by atoms with Crippen LogP contribution in [0.4, 0.5) is 4.39 Å². The highest BCUT2D eigenvalue weighted by molar-refractivity contribution is 7.99. The first-order valence-corrected chi connectivity index (χ1v) is 12.6. The Labute approximate surface area is 193 Å². The molecule has 4 unspecified atom stereocenters. The number of nitrogens with one attached hydrogen (secondary N) is 1. The first kappa shape index (κ1) is 23.1. The molecule has 174 valence electrons. The van der Waals surface area contributed by atoms with Crippen molar-refractivity contribution in [2.75, 3.05) is 12.3 Å². The number of carbonyl (C=O) groups excluding carboxylic acids is 1. The molecule has 0 saturated heterocycles. The molecule has 2 saturated carbocycles. The van der Waals surface area contributed by atoms with Crippen molar-refractivity contribution < 1.29 is 13.9 Å². The summed E-state index contributed by atoms with van der Waals surface area (Å²) in [5.41, 5.74) is 0. The van der Waals surface area contributed by atoms with Crippen molar-refractivity contribution >= 4 is 17.7 Å². The van der Waals surface area contributed by atoms with E-state index in [1.807, 2.05) is 0 Å². The van der Waals surface area contributed by atoms with Gasteiger partial charge in [-0.1, -0.05) is 44.2 Å². The lowest BCUT2D eigenvalue weighted by atomic mass is 9.84. The van der Waals surface area contributed by atoms with Crippen LogP contribution in [0.1, 0.15) is 58.3 Å². The Balaban J connectivity index is 1.50. The van der Waals surface area contributed by atoms with Crippen LogP contribution >= 0.6 is 11.8 Å². The van der Waals surface area contributed by atoms with Crippen molar-refractivity contribution in [3.63, 3.8) is 0 Å². The van der Waals surface area contributed by atoms with Gasteiger partial charge in [0.2, 0.25) is 5.91 Å². The second-order valence-electron chi connectivity index (χ2n) is 9.55. The Morgan fingerprint density at radius 1 is 1.25 bits per heavy atom. The van der Waals surface area contributed by atoms with E-state index < -0.39 is 5.82 Å². The molecule has 0 aliphatic heterocycles. The Hall–Kier alpha value is -2.09. The first-order chi connectivity index (χ1) is 15.4. The quantitative estimate of drug-likeness (QED) is 0.513. The third-order valence-electron chi connectivity index (χ3n) is 6.79. The number of nitrogens with zero attached hydrogens (tertiary/aromatic N) is 3. The molecule has 6 nitrogen and oxygen atoms in total. The highest BCUT2D eigenvalue weighted by atomic mass is 32.2. The number of para-hydroxylation sites is 1. The number of halogens is 1. The summed E-state index contributed by atoms with van der Waals surface area (Å²) in [6.07, 6.45) is 5.19. The summed E-state index contributed by atoms with van der Waals surface area (Å²) in [6, 6.07) is 6.60. The predicted molar refractivity (Wildman–Crippen MR) is 123 cm³/mol. The minimum atomic E-state index is -0.392. The zero-order valence-electron chi connectivity index (χ0n) is 19.1.